The van der Waals surface area contributed by atoms with Crippen LogP contribution < -0.4 is 11.1 Å². The number of rotatable bonds is 5. The van der Waals surface area contributed by atoms with Crippen LogP contribution in [-0.2, 0) is 9.59 Å². The summed E-state index contributed by atoms with van der Waals surface area (Å²) in [6.07, 6.45) is 3.24. The zero-order valence-electron chi connectivity index (χ0n) is 11.3. The van der Waals surface area contributed by atoms with Gasteiger partial charge in [-0.1, -0.05) is 43.2 Å². The Morgan fingerprint density at radius 2 is 1.85 bits per heavy atom. The number of carbonyl (C=O) groups excluding carboxylic acids is 1. The zero-order valence-corrected chi connectivity index (χ0v) is 11.3. The van der Waals surface area contributed by atoms with Gasteiger partial charge in [-0.2, -0.15) is 0 Å². The first-order valence-corrected chi connectivity index (χ1v) is 6.87. The van der Waals surface area contributed by atoms with E-state index in [1.165, 1.54) is 0 Å². The van der Waals surface area contributed by atoms with Crippen molar-refractivity contribution in [3.05, 3.63) is 35.9 Å². The minimum atomic E-state index is -0.888. The predicted molar refractivity (Wildman–Crippen MR) is 75.0 cm³/mol. The van der Waals surface area contributed by atoms with Gasteiger partial charge in [0.1, 0.15) is 6.04 Å². The van der Waals surface area contributed by atoms with Crippen LogP contribution in [0.15, 0.2) is 30.3 Å². The molecule has 5 nitrogen and oxygen atoms in total. The molecular formula is C15H20N2O3. The van der Waals surface area contributed by atoms with Gasteiger partial charge in [-0.05, 0) is 18.4 Å². The number of amides is 1. The van der Waals surface area contributed by atoms with Crippen LogP contribution in [0.5, 0.6) is 0 Å². The molecule has 0 saturated heterocycles. The Balaban J connectivity index is 2.07. The molecule has 108 valence electrons. The van der Waals surface area contributed by atoms with Crippen LogP contribution in [-0.4, -0.2) is 22.5 Å². The van der Waals surface area contributed by atoms with E-state index in [1.54, 1.807) is 12.1 Å². The average Bonchev–Trinajstić information content (AvgIpc) is 2.86. The van der Waals surface area contributed by atoms with Crippen LogP contribution in [0.1, 0.15) is 43.7 Å². The molecule has 20 heavy (non-hydrogen) atoms. The van der Waals surface area contributed by atoms with E-state index in [0.29, 0.717) is 12.8 Å². The third-order valence-corrected chi connectivity index (χ3v) is 3.88. The van der Waals surface area contributed by atoms with Gasteiger partial charge >= 0.3 is 5.97 Å². The molecule has 0 radical (unpaired) electrons. The lowest BCUT2D eigenvalue weighted by atomic mass is 9.92. The van der Waals surface area contributed by atoms with Gasteiger partial charge in [0.2, 0.25) is 5.91 Å². The molecule has 1 aliphatic carbocycles. The zero-order chi connectivity index (χ0) is 14.6. The van der Waals surface area contributed by atoms with Crippen molar-refractivity contribution in [2.24, 2.45) is 5.73 Å². The summed E-state index contributed by atoms with van der Waals surface area (Å²) in [7, 11) is 0. The van der Waals surface area contributed by atoms with E-state index in [4.69, 9.17) is 10.8 Å². The maximum Gasteiger partial charge on any atom is 0.305 e. The van der Waals surface area contributed by atoms with E-state index in [-0.39, 0.29) is 12.3 Å². The number of benzene rings is 1. The van der Waals surface area contributed by atoms with Gasteiger partial charge in [0.05, 0.1) is 12.0 Å². The highest BCUT2D eigenvalue weighted by Gasteiger charge is 2.38. The van der Waals surface area contributed by atoms with Gasteiger partial charge in [0.15, 0.2) is 0 Å². The Bertz CT molecular complexity index is 481. The second-order valence-corrected chi connectivity index (χ2v) is 5.44. The first kappa shape index (κ1) is 14.5. The molecular weight excluding hydrogens is 256 g/mol. The van der Waals surface area contributed by atoms with Crippen molar-refractivity contribution in [3.8, 4) is 0 Å². The summed E-state index contributed by atoms with van der Waals surface area (Å²) in [5.41, 5.74) is 6.05. The maximum atomic E-state index is 12.3. The van der Waals surface area contributed by atoms with Gasteiger partial charge in [0.25, 0.3) is 0 Å². The van der Waals surface area contributed by atoms with Crippen molar-refractivity contribution in [1.82, 2.24) is 5.32 Å². The van der Waals surface area contributed by atoms with Crippen molar-refractivity contribution in [1.29, 1.82) is 0 Å². The van der Waals surface area contributed by atoms with Crippen LogP contribution in [0, 0.1) is 0 Å². The Labute approximate surface area is 118 Å². The molecule has 0 spiro atoms. The van der Waals surface area contributed by atoms with E-state index in [9.17, 15) is 9.59 Å². The third kappa shape index (κ3) is 3.36. The third-order valence-electron chi connectivity index (χ3n) is 3.88. The molecule has 2 rings (SSSR count). The molecule has 1 amide bonds. The summed E-state index contributed by atoms with van der Waals surface area (Å²) in [5, 5.41) is 11.9. The summed E-state index contributed by atoms with van der Waals surface area (Å²) in [6.45, 7) is 0. The van der Waals surface area contributed by atoms with Crippen LogP contribution >= 0.6 is 0 Å². The van der Waals surface area contributed by atoms with Crippen LogP contribution in [0.3, 0.4) is 0 Å². The van der Waals surface area contributed by atoms with Crippen molar-refractivity contribution in [2.45, 2.75) is 43.7 Å². The SMILES string of the molecule is N[C@@H](C(=O)NC1(CC(=O)O)CCCC1)c1ccccc1. The molecule has 0 aromatic heterocycles. The number of hydrogen-bond donors (Lipinski definition) is 3. The maximum absolute atomic E-state index is 12.3. The molecule has 1 atom stereocenters. The Morgan fingerprint density at radius 1 is 1.25 bits per heavy atom. The second kappa shape index (κ2) is 6.05. The van der Waals surface area contributed by atoms with Gasteiger partial charge in [-0.15, -0.1) is 0 Å². The van der Waals surface area contributed by atoms with E-state index < -0.39 is 17.6 Å². The summed E-state index contributed by atoms with van der Waals surface area (Å²) in [5.74, 6) is -1.19. The standard InChI is InChI=1S/C15H20N2O3/c16-13(11-6-2-1-3-7-11)14(20)17-15(10-12(18)19)8-4-5-9-15/h1-3,6-7,13H,4-5,8-10,16H2,(H,17,20)(H,18,19)/t13-/m1/s1. The normalized spacial score (nSPS) is 18.4. The van der Waals surface area contributed by atoms with Crippen LogP contribution in [0.4, 0.5) is 0 Å². The van der Waals surface area contributed by atoms with Gasteiger partial charge in [-0.3, -0.25) is 9.59 Å². The number of nitrogens with two attached hydrogens (primary N) is 1. The molecule has 1 aromatic carbocycles. The molecule has 1 aliphatic rings. The highest BCUT2D eigenvalue weighted by Crippen LogP contribution is 2.33. The number of carbonyl (C=O) groups is 2. The highest BCUT2D eigenvalue weighted by atomic mass is 16.4. The fourth-order valence-corrected chi connectivity index (χ4v) is 2.84. The summed E-state index contributed by atoms with van der Waals surface area (Å²) in [4.78, 5) is 23.3. The highest BCUT2D eigenvalue weighted by molar-refractivity contribution is 5.84. The van der Waals surface area contributed by atoms with Crippen LogP contribution in [0.25, 0.3) is 0 Å². The van der Waals surface area contributed by atoms with Crippen molar-refractivity contribution >= 4 is 11.9 Å². The summed E-state index contributed by atoms with van der Waals surface area (Å²) < 4.78 is 0. The molecule has 1 aromatic rings. The summed E-state index contributed by atoms with van der Waals surface area (Å²) >= 11 is 0. The average molecular weight is 276 g/mol. The van der Waals surface area contributed by atoms with Gasteiger partial charge in [-0.25, -0.2) is 0 Å². The van der Waals surface area contributed by atoms with E-state index in [1.807, 2.05) is 18.2 Å². The molecule has 0 heterocycles. The molecule has 0 bridgehead atoms. The lowest BCUT2D eigenvalue weighted by Gasteiger charge is -2.30. The number of carboxylic acids is 1. The molecule has 1 fully saturated rings. The van der Waals surface area contributed by atoms with Crippen LogP contribution in [0.2, 0.25) is 0 Å². The fourth-order valence-electron chi connectivity index (χ4n) is 2.84. The Kier molecular flexibility index (Phi) is 4.39. The van der Waals surface area contributed by atoms with Gasteiger partial charge in [0, 0.05) is 0 Å². The minimum absolute atomic E-state index is 0.0414. The van der Waals surface area contributed by atoms with E-state index in [0.717, 1.165) is 18.4 Å². The number of hydrogen-bond acceptors (Lipinski definition) is 3. The van der Waals surface area contributed by atoms with Crippen molar-refractivity contribution < 1.29 is 14.7 Å². The molecule has 4 N–H and O–H groups in total. The smallest absolute Gasteiger partial charge is 0.305 e. The van der Waals surface area contributed by atoms with E-state index >= 15 is 0 Å². The minimum Gasteiger partial charge on any atom is -0.481 e. The van der Waals surface area contributed by atoms with Gasteiger partial charge < -0.3 is 16.2 Å². The summed E-state index contributed by atoms with van der Waals surface area (Å²) in [6, 6.07) is 8.33. The quantitative estimate of drug-likeness (QED) is 0.761. The predicted octanol–water partition coefficient (Wildman–Crippen LogP) is 1.59. The molecule has 0 unspecified atom stereocenters. The molecule has 1 saturated carbocycles. The van der Waals surface area contributed by atoms with Crippen molar-refractivity contribution in [3.63, 3.8) is 0 Å². The number of carboxylic acid groups (broad SMARTS) is 1. The second-order valence-electron chi connectivity index (χ2n) is 5.44. The number of nitrogens with one attached hydrogen (secondary N) is 1. The monoisotopic (exact) mass is 276 g/mol. The lowest BCUT2D eigenvalue weighted by Crippen LogP contribution is -2.50. The number of aliphatic carboxylic acids is 1. The lowest BCUT2D eigenvalue weighted by molar-refractivity contribution is -0.139. The fraction of sp³-hybridized carbons (Fsp3) is 0.467. The Morgan fingerprint density at radius 3 is 2.40 bits per heavy atom. The molecule has 0 aliphatic heterocycles. The topological polar surface area (TPSA) is 92.4 Å². The Hall–Kier alpha value is -1.88. The molecule has 5 heteroatoms. The first-order valence-electron chi connectivity index (χ1n) is 6.87. The van der Waals surface area contributed by atoms with E-state index in [2.05, 4.69) is 5.32 Å². The van der Waals surface area contributed by atoms with Crippen molar-refractivity contribution in [2.75, 3.05) is 0 Å². The largest absolute Gasteiger partial charge is 0.481 e. The first-order chi connectivity index (χ1) is 9.52.